The fourth-order valence-electron chi connectivity index (χ4n) is 1.99. The van der Waals surface area contributed by atoms with Crippen molar-refractivity contribution in [3.05, 3.63) is 45.6 Å². The van der Waals surface area contributed by atoms with Gasteiger partial charge in [0.25, 0.3) is 5.88 Å². The lowest BCUT2D eigenvalue weighted by Gasteiger charge is -2.07. The Balaban J connectivity index is 2.35. The molecule has 20 heavy (non-hydrogen) atoms. The van der Waals surface area contributed by atoms with Gasteiger partial charge in [0, 0.05) is 13.6 Å². The van der Waals surface area contributed by atoms with Gasteiger partial charge in [0.2, 0.25) is 0 Å². The van der Waals surface area contributed by atoms with Gasteiger partial charge in [-0.05, 0) is 31.7 Å². The van der Waals surface area contributed by atoms with Crippen molar-refractivity contribution in [3.8, 4) is 11.6 Å². The van der Waals surface area contributed by atoms with E-state index in [2.05, 4.69) is 10.4 Å². The van der Waals surface area contributed by atoms with E-state index in [-0.39, 0.29) is 11.6 Å². The second kappa shape index (κ2) is 5.70. The highest BCUT2D eigenvalue weighted by Gasteiger charge is 2.26. The molecule has 0 aliphatic rings. The molecule has 0 amide bonds. The summed E-state index contributed by atoms with van der Waals surface area (Å²) in [6, 6.07) is 7.39. The maximum Gasteiger partial charge on any atom is 0.353 e. The highest BCUT2D eigenvalue weighted by Crippen LogP contribution is 2.33. The Morgan fingerprint density at radius 3 is 2.90 bits per heavy atom. The van der Waals surface area contributed by atoms with Crippen LogP contribution in [0.15, 0.2) is 24.3 Å². The van der Waals surface area contributed by atoms with E-state index in [1.54, 1.807) is 20.0 Å². The number of nitrogens with one attached hydrogen (secondary N) is 1. The van der Waals surface area contributed by atoms with Gasteiger partial charge in [-0.25, -0.2) is 4.68 Å². The van der Waals surface area contributed by atoms with E-state index >= 15 is 0 Å². The van der Waals surface area contributed by atoms with Crippen molar-refractivity contribution in [3.63, 3.8) is 0 Å². The lowest BCUT2D eigenvalue weighted by molar-refractivity contribution is -0.386. The number of benzene rings is 1. The predicted octanol–water partition coefficient (Wildman–Crippen LogP) is 2.15. The molecule has 0 aliphatic carbocycles. The number of aromatic nitrogens is 2. The van der Waals surface area contributed by atoms with E-state index in [9.17, 15) is 10.1 Å². The minimum atomic E-state index is -0.477. The normalized spacial score (nSPS) is 10.6. The van der Waals surface area contributed by atoms with Gasteiger partial charge in [-0.15, -0.1) is 0 Å². The third kappa shape index (κ3) is 2.77. The van der Waals surface area contributed by atoms with Crippen LogP contribution in [0.4, 0.5) is 5.69 Å². The van der Waals surface area contributed by atoms with Crippen molar-refractivity contribution in [1.82, 2.24) is 15.1 Å². The first kappa shape index (κ1) is 14.0. The molecule has 0 saturated carbocycles. The van der Waals surface area contributed by atoms with Crippen molar-refractivity contribution in [2.75, 3.05) is 7.05 Å². The molecule has 1 aromatic heterocycles. The van der Waals surface area contributed by atoms with Crippen LogP contribution in [0.5, 0.6) is 11.6 Å². The summed E-state index contributed by atoms with van der Waals surface area (Å²) in [5.41, 5.74) is 1.26. The van der Waals surface area contributed by atoms with Gasteiger partial charge in [0.15, 0.2) is 0 Å². The Morgan fingerprint density at radius 1 is 1.50 bits per heavy atom. The van der Waals surface area contributed by atoms with Crippen LogP contribution in [-0.2, 0) is 13.6 Å². The number of nitro groups is 1. The van der Waals surface area contributed by atoms with Crippen molar-refractivity contribution >= 4 is 5.69 Å². The van der Waals surface area contributed by atoms with Crippen LogP contribution in [-0.4, -0.2) is 21.8 Å². The molecule has 1 N–H and O–H groups in total. The Hall–Kier alpha value is -2.41. The zero-order valence-electron chi connectivity index (χ0n) is 11.6. The summed E-state index contributed by atoms with van der Waals surface area (Å²) in [4.78, 5) is 10.6. The molecule has 0 atom stereocenters. The first-order chi connectivity index (χ1) is 9.52. The van der Waals surface area contributed by atoms with E-state index in [4.69, 9.17) is 4.74 Å². The number of hydrogen-bond acceptors (Lipinski definition) is 5. The summed E-state index contributed by atoms with van der Waals surface area (Å²) in [7, 11) is 3.47. The third-order valence-corrected chi connectivity index (χ3v) is 2.82. The lowest BCUT2D eigenvalue weighted by atomic mass is 10.2. The van der Waals surface area contributed by atoms with Crippen LogP contribution in [0, 0.1) is 17.0 Å². The monoisotopic (exact) mass is 276 g/mol. The first-order valence-electron chi connectivity index (χ1n) is 6.12. The van der Waals surface area contributed by atoms with Crippen LogP contribution in [0.2, 0.25) is 0 Å². The van der Waals surface area contributed by atoms with E-state index in [1.807, 2.05) is 25.2 Å². The molecule has 0 saturated heterocycles. The maximum absolute atomic E-state index is 11.1. The van der Waals surface area contributed by atoms with Gasteiger partial charge in [-0.1, -0.05) is 12.1 Å². The molecule has 7 nitrogen and oxygen atoms in total. The zero-order chi connectivity index (χ0) is 14.7. The minimum absolute atomic E-state index is 0.105. The van der Waals surface area contributed by atoms with E-state index < -0.39 is 4.92 Å². The molecule has 1 heterocycles. The SMILES string of the molecule is CNCc1cccc(Oc2c([N+](=O)[O-])c(C)nn2C)c1. The topological polar surface area (TPSA) is 82.2 Å². The lowest BCUT2D eigenvalue weighted by Crippen LogP contribution is -2.05. The summed E-state index contributed by atoms with van der Waals surface area (Å²) in [5, 5.41) is 18.1. The first-order valence-corrected chi connectivity index (χ1v) is 6.12. The van der Waals surface area contributed by atoms with Gasteiger partial charge in [0.05, 0.1) is 4.92 Å². The molecular weight excluding hydrogens is 260 g/mol. The van der Waals surface area contributed by atoms with Gasteiger partial charge < -0.3 is 10.1 Å². The predicted molar refractivity (Wildman–Crippen MR) is 73.9 cm³/mol. The van der Waals surface area contributed by atoms with Crippen molar-refractivity contribution in [1.29, 1.82) is 0 Å². The number of rotatable bonds is 5. The molecule has 7 heteroatoms. The third-order valence-electron chi connectivity index (χ3n) is 2.82. The van der Waals surface area contributed by atoms with Crippen LogP contribution in [0.3, 0.4) is 0 Å². The fraction of sp³-hybridized carbons (Fsp3) is 0.308. The van der Waals surface area contributed by atoms with Crippen LogP contribution in [0.1, 0.15) is 11.3 Å². The largest absolute Gasteiger partial charge is 0.434 e. The molecule has 0 aliphatic heterocycles. The highest BCUT2D eigenvalue weighted by molar-refractivity contribution is 5.47. The van der Waals surface area contributed by atoms with E-state index in [0.717, 1.165) is 5.56 Å². The minimum Gasteiger partial charge on any atom is -0.434 e. The summed E-state index contributed by atoms with van der Waals surface area (Å²) < 4.78 is 7.01. The fourth-order valence-corrected chi connectivity index (χ4v) is 1.99. The van der Waals surface area contributed by atoms with E-state index in [1.165, 1.54) is 4.68 Å². The number of aryl methyl sites for hydroxylation is 2. The summed E-state index contributed by atoms with van der Waals surface area (Å²) >= 11 is 0. The standard InChI is InChI=1S/C13H16N4O3/c1-9-12(17(18)19)13(16(3)15-9)20-11-6-4-5-10(7-11)8-14-2/h4-7,14H,8H2,1-3H3. The van der Waals surface area contributed by atoms with Gasteiger partial charge in [-0.2, -0.15) is 5.10 Å². The van der Waals surface area contributed by atoms with Crippen LogP contribution in [0.25, 0.3) is 0 Å². The Bertz CT molecular complexity index is 637. The second-order valence-electron chi connectivity index (χ2n) is 4.40. The average molecular weight is 276 g/mol. The maximum atomic E-state index is 11.1. The second-order valence-corrected chi connectivity index (χ2v) is 4.40. The highest BCUT2D eigenvalue weighted by atomic mass is 16.6. The molecule has 2 aromatic rings. The zero-order valence-corrected chi connectivity index (χ0v) is 11.6. The van der Waals surface area contributed by atoms with Crippen molar-refractivity contribution in [2.24, 2.45) is 7.05 Å². The number of nitrogens with zero attached hydrogens (tertiary/aromatic N) is 3. The molecule has 0 fully saturated rings. The quantitative estimate of drug-likeness (QED) is 0.668. The Morgan fingerprint density at radius 2 is 2.25 bits per heavy atom. The summed E-state index contributed by atoms with van der Waals surface area (Å²) in [6.07, 6.45) is 0. The van der Waals surface area contributed by atoms with Gasteiger partial charge in [-0.3, -0.25) is 10.1 Å². The van der Waals surface area contributed by atoms with Gasteiger partial charge in [0.1, 0.15) is 11.4 Å². The number of hydrogen-bond donors (Lipinski definition) is 1. The molecular formula is C13H16N4O3. The Labute approximate surface area is 116 Å². The number of ether oxygens (including phenoxy) is 1. The molecule has 0 unspecified atom stereocenters. The summed E-state index contributed by atoms with van der Waals surface area (Å²) in [6.45, 7) is 2.28. The molecule has 1 aromatic carbocycles. The van der Waals surface area contributed by atoms with Crippen molar-refractivity contribution in [2.45, 2.75) is 13.5 Å². The summed E-state index contributed by atoms with van der Waals surface area (Å²) in [5.74, 6) is 0.679. The average Bonchev–Trinajstić information content (AvgIpc) is 2.65. The molecule has 0 bridgehead atoms. The van der Waals surface area contributed by atoms with Crippen molar-refractivity contribution < 1.29 is 9.66 Å². The molecule has 0 radical (unpaired) electrons. The van der Waals surface area contributed by atoms with Crippen LogP contribution < -0.4 is 10.1 Å². The molecule has 2 rings (SSSR count). The van der Waals surface area contributed by atoms with E-state index in [0.29, 0.717) is 18.0 Å². The molecule has 106 valence electrons. The Kier molecular flexibility index (Phi) is 3.99. The van der Waals surface area contributed by atoms with Crippen LogP contribution >= 0.6 is 0 Å². The smallest absolute Gasteiger partial charge is 0.353 e. The van der Waals surface area contributed by atoms with Gasteiger partial charge >= 0.3 is 5.69 Å². The molecule has 0 spiro atoms.